The number of phenolic OH excluding ortho intramolecular Hbond substituents is 30. The maximum Gasteiger partial charge on any atom is 0.338 e. The summed E-state index contributed by atoms with van der Waals surface area (Å²) in [5.74, 6) is -55.0. The van der Waals surface area contributed by atoms with Crippen molar-refractivity contribution in [3.8, 4) is 207 Å². The van der Waals surface area contributed by atoms with E-state index >= 15 is 4.79 Å². The number of carbonyl (C=O) groups excluding carboxylic acids is 2. The first kappa shape index (κ1) is 95.4. The molecule has 0 radical (unpaired) electrons. The van der Waals surface area contributed by atoms with Gasteiger partial charge in [0.05, 0.1) is 41.4 Å². The Morgan fingerprint density at radius 3 is 0.909 bits per heavy atom. The molecule has 6 aliphatic rings. The van der Waals surface area contributed by atoms with Gasteiger partial charge in [0.2, 0.25) is 6.29 Å². The van der Waals surface area contributed by atoms with Gasteiger partial charge in [-0.15, -0.1) is 0 Å². The monoisotopic (exact) mass is 1990 g/mol. The summed E-state index contributed by atoms with van der Waals surface area (Å²) in [6, 6.07) is 12.8. The smallest absolute Gasteiger partial charge is 0.338 e. The molecular formula is C95H80O48. The van der Waals surface area contributed by atoms with Crippen molar-refractivity contribution in [2.24, 2.45) is 0 Å². The molecular weight excluding hydrogens is 1910 g/mol. The third kappa shape index (κ3) is 15.6. The summed E-state index contributed by atoms with van der Waals surface area (Å²) in [5.41, 5.74) is -13.1. The number of phenols is 30. The molecule has 0 bridgehead atoms. The van der Waals surface area contributed by atoms with E-state index in [1.807, 2.05) is 0 Å². The molecule has 48 heteroatoms. The van der Waals surface area contributed by atoms with Gasteiger partial charge in [-0.1, -0.05) is 0 Å². The Morgan fingerprint density at radius 2 is 0.559 bits per heavy atom. The topological polar surface area (TPSA) is 866 Å². The number of benzene rings is 12. The summed E-state index contributed by atoms with van der Waals surface area (Å²) in [6.07, 6.45) is -35.0. The number of esters is 2. The summed E-state index contributed by atoms with van der Waals surface area (Å²) in [7, 11) is 0. The van der Waals surface area contributed by atoms with Crippen molar-refractivity contribution >= 4 is 11.9 Å². The lowest BCUT2D eigenvalue weighted by molar-refractivity contribution is -0.277. The van der Waals surface area contributed by atoms with Gasteiger partial charge < -0.3 is 232 Å². The second kappa shape index (κ2) is 34.9. The van der Waals surface area contributed by atoms with Crippen LogP contribution in [0, 0.1) is 0 Å². The van der Waals surface area contributed by atoms with Crippen molar-refractivity contribution in [2.45, 2.75) is 122 Å². The molecule has 6 aliphatic heterocycles. The Labute approximate surface area is 795 Å². The number of hydrogen-bond donors (Lipinski definition) is 37. The Kier molecular flexibility index (Phi) is 23.3. The number of fused-ring (bicyclic) bond motifs is 5. The van der Waals surface area contributed by atoms with Crippen LogP contribution in [0.5, 0.6) is 207 Å². The first-order chi connectivity index (χ1) is 67.5. The van der Waals surface area contributed by atoms with Gasteiger partial charge in [-0.25, -0.2) is 9.59 Å². The average molecular weight is 1990 g/mol. The zero-order valence-electron chi connectivity index (χ0n) is 72.0. The van der Waals surface area contributed by atoms with E-state index in [-0.39, 0.29) is 5.56 Å². The maximum absolute atomic E-state index is 15.2. The molecule has 19 atom stereocenters. The standard InChI is InChI=1S/C95H80O48/c96-22-57-78(127)82(131)83(132)95(139-57)135-30-15-32(97)58-55(16-30)137-88(27-9-48(113)75(124)49(114)10-27)92(143-94(134)29-13-52(117)77(126)53(118)14-29)69(58)65-38(103)20-37(102)64-68(81(130)87(142-91(64)65)26-7-46(111)74(123)47(112)8-26)63-36(101)19-35(100)62-67(80(129)86(141-90(62)63)25-5-44(109)73(122)45(110)6-25)61-34(99)18-33(98)60-66(79(128)85(140-89(60)61)24-3-42(107)72(121)43(108)4-24)59-39(104)21-54-31(70(59)119)17-56(84(136-54)23-1-40(105)71(120)41(106)2-23)138-93(133)28-11-50(115)76(125)51(116)12-28/h1-16,18-21,56-57,66-69,78-88,92,95-132H,17,22H2/t56-,57-,66+,67+,68+,69-,78-,79-,80-,81-,82+,83-,84-,85-,86-,87-,88-,92-,95-/m1/s1. The van der Waals surface area contributed by atoms with Crippen LogP contribution in [0.2, 0.25) is 0 Å². The van der Waals surface area contributed by atoms with Crippen LogP contribution in [-0.2, 0) is 20.6 Å². The highest BCUT2D eigenvalue weighted by Gasteiger charge is 2.57. The Hall–Kier alpha value is -17.9. The molecule has 12 aromatic rings. The van der Waals surface area contributed by atoms with Crippen molar-refractivity contribution in [1.29, 1.82) is 0 Å². The van der Waals surface area contributed by atoms with Gasteiger partial charge in [0.25, 0.3) is 0 Å². The van der Waals surface area contributed by atoms with Gasteiger partial charge in [0.1, 0.15) is 135 Å². The lowest BCUT2D eigenvalue weighted by Gasteiger charge is -2.45. The van der Waals surface area contributed by atoms with E-state index in [0.29, 0.717) is 97.1 Å². The highest BCUT2D eigenvalue weighted by Crippen LogP contribution is 2.68. The Morgan fingerprint density at radius 1 is 0.266 bits per heavy atom. The van der Waals surface area contributed by atoms with Crippen LogP contribution in [0.1, 0.15) is 153 Å². The minimum atomic E-state index is -2.74. The second-order valence-corrected chi connectivity index (χ2v) is 34.4. The Bertz CT molecular complexity index is 7140. The molecule has 37 N–H and O–H groups in total. The van der Waals surface area contributed by atoms with E-state index in [9.17, 15) is 194 Å². The molecule has 0 amide bonds. The van der Waals surface area contributed by atoms with Gasteiger partial charge >= 0.3 is 11.9 Å². The number of aliphatic hydroxyl groups excluding tert-OH is 7. The molecule has 0 aromatic heterocycles. The first-order valence-electron chi connectivity index (χ1n) is 42.3. The van der Waals surface area contributed by atoms with Crippen molar-refractivity contribution in [2.75, 3.05) is 6.61 Å². The lowest BCUT2D eigenvalue weighted by atomic mass is 9.71. The minimum Gasteiger partial charge on any atom is -0.507 e. The molecule has 12 aromatic carbocycles. The molecule has 1 saturated heterocycles. The summed E-state index contributed by atoms with van der Waals surface area (Å²) >= 11 is 0. The molecule has 0 aliphatic carbocycles. The highest BCUT2D eigenvalue weighted by atomic mass is 16.7. The van der Waals surface area contributed by atoms with Crippen LogP contribution in [-0.4, -0.2) is 269 Å². The fourth-order valence-electron chi connectivity index (χ4n) is 19.1. The maximum atomic E-state index is 15.2. The van der Waals surface area contributed by atoms with Crippen molar-refractivity contribution < 1.29 is 241 Å². The van der Waals surface area contributed by atoms with E-state index in [1.165, 1.54) is 0 Å². The van der Waals surface area contributed by atoms with Gasteiger partial charge in [0, 0.05) is 121 Å². The van der Waals surface area contributed by atoms with E-state index in [1.54, 1.807) is 0 Å². The second-order valence-electron chi connectivity index (χ2n) is 34.4. The third-order valence-corrected chi connectivity index (χ3v) is 25.8. The average Bonchev–Trinajstić information content (AvgIpc) is 0.696. The van der Waals surface area contributed by atoms with E-state index in [0.717, 1.165) is 24.3 Å². The predicted molar refractivity (Wildman–Crippen MR) is 466 cm³/mol. The van der Waals surface area contributed by atoms with Gasteiger partial charge in [-0.2, -0.15) is 0 Å². The van der Waals surface area contributed by atoms with E-state index < -0.39 is 431 Å². The van der Waals surface area contributed by atoms with Crippen LogP contribution in [0.3, 0.4) is 0 Å². The molecule has 1 fully saturated rings. The first-order valence-corrected chi connectivity index (χ1v) is 42.3. The van der Waals surface area contributed by atoms with E-state index in [4.69, 9.17) is 42.6 Å². The number of carbonyl (C=O) groups is 2. The van der Waals surface area contributed by atoms with Crippen molar-refractivity contribution in [1.82, 2.24) is 0 Å². The van der Waals surface area contributed by atoms with Crippen molar-refractivity contribution in [3.63, 3.8) is 0 Å². The number of rotatable bonds is 16. The largest absolute Gasteiger partial charge is 0.507 e. The van der Waals surface area contributed by atoms with Crippen LogP contribution in [0.4, 0.5) is 0 Å². The lowest BCUT2D eigenvalue weighted by Crippen LogP contribution is -2.60. The fourth-order valence-corrected chi connectivity index (χ4v) is 19.1. The van der Waals surface area contributed by atoms with Crippen LogP contribution in [0.25, 0.3) is 0 Å². The summed E-state index contributed by atoms with van der Waals surface area (Å²) in [5, 5.41) is 431. The third-order valence-electron chi connectivity index (χ3n) is 25.8. The minimum absolute atomic E-state index is 0.335. The van der Waals surface area contributed by atoms with Crippen LogP contribution >= 0.6 is 0 Å². The van der Waals surface area contributed by atoms with Crippen molar-refractivity contribution in [3.05, 3.63) is 210 Å². The molecule has 0 spiro atoms. The zero-order valence-corrected chi connectivity index (χ0v) is 72.0. The number of hydrogen-bond acceptors (Lipinski definition) is 48. The van der Waals surface area contributed by atoms with Gasteiger partial charge in [0.15, 0.2) is 157 Å². The summed E-state index contributed by atoms with van der Waals surface area (Å²) in [4.78, 5) is 29.5. The van der Waals surface area contributed by atoms with Crippen LogP contribution < -0.4 is 28.4 Å². The molecule has 0 saturated carbocycles. The van der Waals surface area contributed by atoms with E-state index in [2.05, 4.69) is 0 Å². The quantitative estimate of drug-likeness (QED) is 0.0430. The molecule has 48 nitrogen and oxygen atoms in total. The number of aliphatic hydroxyl groups is 7. The number of aromatic hydroxyl groups is 30. The molecule has 6 heterocycles. The fraction of sp³-hybridized carbons (Fsp3) is 0.221. The normalized spacial score (nSPS) is 24.0. The highest BCUT2D eigenvalue weighted by molar-refractivity contribution is 5.92. The zero-order chi connectivity index (χ0) is 103. The molecule has 143 heavy (non-hydrogen) atoms. The van der Waals surface area contributed by atoms with Gasteiger partial charge in [-0.05, 0) is 84.9 Å². The molecule has 0 unspecified atom stereocenters. The number of ether oxygens (including phenoxy) is 9. The molecule has 748 valence electrons. The Balaban J connectivity index is 0.889. The predicted octanol–water partition coefficient (Wildman–Crippen LogP) is 5.31. The summed E-state index contributed by atoms with van der Waals surface area (Å²) in [6.45, 7) is -1.03. The molecule has 18 rings (SSSR count). The van der Waals surface area contributed by atoms with Crippen LogP contribution in [0.15, 0.2) is 121 Å². The SMILES string of the molecule is O=C(O[C@@H]1[C@@H](c2c(O)cc(O)c3c2O[C@H](c2cc(O)c(O)c(O)c2)[C@H](O)[C@H]3c2c(O)cc(O)c3c2O[C@H](c2cc(O)c(O)c(O)c2)[C@H](O)[C@H]3c2c(O)cc(O)c3c2O[C@H](c2cc(O)c(O)c(O)c2)[C@H](O)[C@H]3c2c(O)cc3c(c2O)C[C@@H](OC(=O)c2cc(O)c(O)c(O)c2)[C@@H](c2cc(O)c(O)c(O)c2)O3)c2c(O)cc(O[C@@H]3O[C@H](CO)[C@@H](O)[C@H](O)[C@H]3O)cc2O[C@@H]1c1cc(O)c(O)c(O)c1)c1cc(O)c(O)c(O)c1. The van der Waals surface area contributed by atoms with Gasteiger partial charge in [-0.3, -0.25) is 0 Å². The summed E-state index contributed by atoms with van der Waals surface area (Å²) < 4.78 is 56.6.